The molecule has 1 fully saturated rings. The van der Waals surface area contributed by atoms with Gasteiger partial charge in [0.1, 0.15) is 6.61 Å². The van der Waals surface area contributed by atoms with Crippen molar-refractivity contribution in [1.82, 2.24) is 4.90 Å². The number of aliphatic hydroxyl groups excluding tert-OH is 1. The molecule has 1 amide bonds. The number of anilines is 1. The van der Waals surface area contributed by atoms with Gasteiger partial charge < -0.3 is 10.0 Å². The fourth-order valence-electron chi connectivity index (χ4n) is 2.83. The molecule has 0 spiro atoms. The third-order valence-electron chi connectivity index (χ3n) is 4.04. The number of piperazine rings is 1. The number of carbonyl (C=O) groups excluding carboxylic acids is 1. The van der Waals surface area contributed by atoms with Crippen LogP contribution >= 0.6 is 0 Å². The second-order valence-electron chi connectivity index (χ2n) is 5.75. The van der Waals surface area contributed by atoms with Gasteiger partial charge in [-0.2, -0.15) is 0 Å². The number of aliphatic hydroxyl groups is 1. The van der Waals surface area contributed by atoms with Gasteiger partial charge in [-0.15, -0.1) is 0 Å². The van der Waals surface area contributed by atoms with Crippen LogP contribution in [-0.4, -0.2) is 42.2 Å². The molecule has 0 unspecified atom stereocenters. The van der Waals surface area contributed by atoms with Crippen LogP contribution in [0.3, 0.4) is 0 Å². The molecule has 1 N–H and O–H groups in total. The monoisotopic (exact) mass is 320 g/mol. The Balaban J connectivity index is 1.59. The van der Waals surface area contributed by atoms with Crippen LogP contribution in [-0.2, 0) is 11.3 Å². The fourth-order valence-corrected chi connectivity index (χ4v) is 2.83. The summed E-state index contributed by atoms with van der Waals surface area (Å²) in [6, 6.07) is 17.7. The Morgan fingerprint density at radius 1 is 1.00 bits per heavy atom. The van der Waals surface area contributed by atoms with Crippen LogP contribution in [0, 0.1) is 11.8 Å². The van der Waals surface area contributed by atoms with Crippen LogP contribution in [0.2, 0.25) is 0 Å². The molecule has 24 heavy (non-hydrogen) atoms. The Morgan fingerprint density at radius 2 is 1.75 bits per heavy atom. The molecular formula is C20H20N2O2. The second-order valence-corrected chi connectivity index (χ2v) is 5.75. The van der Waals surface area contributed by atoms with Crippen molar-refractivity contribution in [1.29, 1.82) is 0 Å². The molecule has 2 aromatic rings. The van der Waals surface area contributed by atoms with Gasteiger partial charge in [-0.3, -0.25) is 9.69 Å². The minimum absolute atomic E-state index is 0.129. The summed E-state index contributed by atoms with van der Waals surface area (Å²) >= 11 is 0. The maximum absolute atomic E-state index is 12.4. The molecule has 0 atom stereocenters. The third-order valence-corrected chi connectivity index (χ3v) is 4.04. The van der Waals surface area contributed by atoms with E-state index < -0.39 is 0 Å². The first-order valence-corrected chi connectivity index (χ1v) is 8.03. The standard InChI is InChI=1S/C20H20N2O2/c23-14-4-5-17-8-10-18(11-9-17)15-21-12-13-22(20(24)16-21)19-6-2-1-3-7-19/h1-3,6-11,23H,12-16H2. The highest BCUT2D eigenvalue weighted by molar-refractivity contribution is 5.95. The molecule has 4 nitrogen and oxygen atoms in total. The fraction of sp³-hybridized carbons (Fsp3) is 0.250. The number of benzene rings is 2. The van der Waals surface area contributed by atoms with E-state index in [-0.39, 0.29) is 12.5 Å². The summed E-state index contributed by atoms with van der Waals surface area (Å²) in [5, 5.41) is 8.71. The van der Waals surface area contributed by atoms with Crippen molar-refractivity contribution in [2.45, 2.75) is 6.54 Å². The van der Waals surface area contributed by atoms with Gasteiger partial charge in [-0.25, -0.2) is 0 Å². The quantitative estimate of drug-likeness (QED) is 0.878. The molecule has 0 aromatic heterocycles. The van der Waals surface area contributed by atoms with Crippen LogP contribution in [0.4, 0.5) is 5.69 Å². The first-order valence-electron chi connectivity index (χ1n) is 8.03. The average Bonchev–Trinajstić information content (AvgIpc) is 2.62. The molecule has 1 aliphatic heterocycles. The molecule has 1 saturated heterocycles. The zero-order chi connectivity index (χ0) is 16.8. The van der Waals surface area contributed by atoms with Crippen molar-refractivity contribution in [3.8, 4) is 11.8 Å². The summed E-state index contributed by atoms with van der Waals surface area (Å²) in [7, 11) is 0. The number of hydrogen-bond donors (Lipinski definition) is 1. The van der Waals surface area contributed by atoms with Crippen molar-refractivity contribution < 1.29 is 9.90 Å². The molecule has 1 heterocycles. The van der Waals surface area contributed by atoms with Crippen molar-refractivity contribution >= 4 is 11.6 Å². The highest BCUT2D eigenvalue weighted by atomic mass is 16.2. The number of para-hydroxylation sites is 1. The van der Waals surface area contributed by atoms with E-state index in [4.69, 9.17) is 5.11 Å². The molecule has 0 radical (unpaired) electrons. The molecule has 4 heteroatoms. The molecule has 2 aromatic carbocycles. The number of rotatable bonds is 3. The van der Waals surface area contributed by atoms with Crippen LogP contribution in [0.25, 0.3) is 0 Å². The Labute approximate surface area is 142 Å². The maximum Gasteiger partial charge on any atom is 0.241 e. The van der Waals surface area contributed by atoms with Crippen molar-refractivity contribution in [2.75, 3.05) is 31.1 Å². The van der Waals surface area contributed by atoms with E-state index in [2.05, 4.69) is 16.7 Å². The van der Waals surface area contributed by atoms with E-state index in [1.165, 1.54) is 0 Å². The van der Waals surface area contributed by atoms with Crippen LogP contribution in [0.15, 0.2) is 54.6 Å². The van der Waals surface area contributed by atoms with E-state index in [9.17, 15) is 4.79 Å². The summed E-state index contributed by atoms with van der Waals surface area (Å²) in [6.07, 6.45) is 0. The Hall–Kier alpha value is -2.61. The van der Waals surface area contributed by atoms with Gasteiger partial charge in [-0.1, -0.05) is 42.2 Å². The average molecular weight is 320 g/mol. The molecule has 3 rings (SSSR count). The van der Waals surface area contributed by atoms with Gasteiger partial charge in [0, 0.05) is 30.9 Å². The summed E-state index contributed by atoms with van der Waals surface area (Å²) < 4.78 is 0. The normalized spacial score (nSPS) is 15.0. The van der Waals surface area contributed by atoms with E-state index >= 15 is 0 Å². The van der Waals surface area contributed by atoms with Crippen molar-refractivity contribution in [3.63, 3.8) is 0 Å². The summed E-state index contributed by atoms with van der Waals surface area (Å²) in [6.45, 7) is 2.62. The Bertz CT molecular complexity index is 745. The topological polar surface area (TPSA) is 43.8 Å². The Morgan fingerprint density at radius 3 is 2.42 bits per heavy atom. The number of nitrogens with zero attached hydrogens (tertiary/aromatic N) is 2. The second kappa shape index (κ2) is 7.78. The van der Waals surface area contributed by atoms with Gasteiger partial charge in [0.05, 0.1) is 6.54 Å². The summed E-state index contributed by atoms with van der Waals surface area (Å²) in [5.41, 5.74) is 3.01. The van der Waals surface area contributed by atoms with Crippen LogP contribution < -0.4 is 4.90 Å². The number of hydrogen-bond acceptors (Lipinski definition) is 3. The highest BCUT2D eigenvalue weighted by Crippen LogP contribution is 2.17. The van der Waals surface area contributed by atoms with E-state index in [1.54, 1.807) is 0 Å². The first-order chi connectivity index (χ1) is 11.8. The first kappa shape index (κ1) is 16.3. The predicted octanol–water partition coefficient (Wildman–Crippen LogP) is 1.88. The van der Waals surface area contributed by atoms with E-state index in [0.29, 0.717) is 13.1 Å². The largest absolute Gasteiger partial charge is 0.384 e. The lowest BCUT2D eigenvalue weighted by Crippen LogP contribution is -2.50. The molecule has 1 aliphatic rings. The number of carbonyl (C=O) groups is 1. The van der Waals surface area contributed by atoms with E-state index in [1.807, 2.05) is 59.5 Å². The molecule has 0 saturated carbocycles. The van der Waals surface area contributed by atoms with Crippen molar-refractivity contribution in [2.24, 2.45) is 0 Å². The Kier molecular flexibility index (Phi) is 5.27. The van der Waals surface area contributed by atoms with Gasteiger partial charge in [-0.05, 0) is 29.8 Å². The molecular weight excluding hydrogens is 300 g/mol. The lowest BCUT2D eigenvalue weighted by atomic mass is 10.1. The van der Waals surface area contributed by atoms with Gasteiger partial charge in [0.25, 0.3) is 0 Å². The van der Waals surface area contributed by atoms with Gasteiger partial charge in [0.15, 0.2) is 0 Å². The van der Waals surface area contributed by atoms with Crippen LogP contribution in [0.1, 0.15) is 11.1 Å². The summed E-state index contributed by atoms with van der Waals surface area (Å²) in [4.78, 5) is 16.4. The molecule has 122 valence electrons. The zero-order valence-electron chi connectivity index (χ0n) is 13.5. The predicted molar refractivity (Wildman–Crippen MR) is 94.5 cm³/mol. The third kappa shape index (κ3) is 4.02. The minimum Gasteiger partial charge on any atom is -0.384 e. The smallest absolute Gasteiger partial charge is 0.241 e. The lowest BCUT2D eigenvalue weighted by molar-refractivity contribution is -0.121. The maximum atomic E-state index is 12.4. The minimum atomic E-state index is -0.129. The zero-order valence-corrected chi connectivity index (χ0v) is 13.5. The lowest BCUT2D eigenvalue weighted by Gasteiger charge is -2.34. The van der Waals surface area contributed by atoms with Gasteiger partial charge in [0.2, 0.25) is 5.91 Å². The molecule has 0 aliphatic carbocycles. The SMILES string of the molecule is O=C1CN(Cc2ccc(C#CCO)cc2)CCN1c1ccccc1. The van der Waals surface area contributed by atoms with Gasteiger partial charge >= 0.3 is 0 Å². The summed E-state index contributed by atoms with van der Waals surface area (Å²) in [5.74, 6) is 5.66. The number of amides is 1. The highest BCUT2D eigenvalue weighted by Gasteiger charge is 2.24. The molecule has 0 bridgehead atoms. The van der Waals surface area contributed by atoms with Crippen LogP contribution in [0.5, 0.6) is 0 Å². The van der Waals surface area contributed by atoms with Crippen molar-refractivity contribution in [3.05, 3.63) is 65.7 Å². The van der Waals surface area contributed by atoms with E-state index in [0.717, 1.165) is 29.9 Å².